The van der Waals surface area contributed by atoms with E-state index in [1.807, 2.05) is 0 Å². The summed E-state index contributed by atoms with van der Waals surface area (Å²) in [5.41, 5.74) is 0.443. The molecule has 0 bridgehead atoms. The Morgan fingerprint density at radius 1 is 1.67 bits per heavy atom. The highest BCUT2D eigenvalue weighted by Gasteiger charge is 2.12. The van der Waals surface area contributed by atoms with E-state index < -0.39 is 4.92 Å². The summed E-state index contributed by atoms with van der Waals surface area (Å²) in [7, 11) is 1.62. The van der Waals surface area contributed by atoms with Crippen LogP contribution in [-0.4, -0.2) is 30.2 Å². The summed E-state index contributed by atoms with van der Waals surface area (Å²) in [5.74, 6) is -0.144. The fourth-order valence-electron chi connectivity index (χ4n) is 1.12. The smallest absolute Gasteiger partial charge is 0.385 e. The number of nitro groups is 1. The summed E-state index contributed by atoms with van der Waals surface area (Å²) in [6, 6.07) is 3.30. The minimum Gasteiger partial charge on any atom is -0.385 e. The maximum atomic E-state index is 10.6. The number of pyridine rings is 1. The summed E-state index contributed by atoms with van der Waals surface area (Å²) in [5, 5.41) is 13.5. The molecule has 0 atom stereocenters. The van der Waals surface area contributed by atoms with E-state index in [0.29, 0.717) is 18.8 Å². The van der Waals surface area contributed by atoms with Gasteiger partial charge in [-0.25, -0.2) is 0 Å². The van der Waals surface area contributed by atoms with Gasteiger partial charge in [-0.1, -0.05) is 0 Å². The van der Waals surface area contributed by atoms with Crippen LogP contribution < -0.4 is 5.32 Å². The second kappa shape index (κ2) is 5.92. The highest BCUT2D eigenvalue weighted by molar-refractivity contribution is 5.56. The van der Waals surface area contributed by atoms with Crippen molar-refractivity contribution in [2.24, 2.45) is 0 Å². The quantitative estimate of drug-likeness (QED) is 0.437. The highest BCUT2D eigenvalue weighted by atomic mass is 16.6. The number of hydrogen-bond acceptors (Lipinski definition) is 5. The molecular weight excluding hydrogens is 198 g/mol. The minimum absolute atomic E-state index is 0.144. The lowest BCUT2D eigenvalue weighted by molar-refractivity contribution is -0.388. The van der Waals surface area contributed by atoms with Crippen LogP contribution in [0.25, 0.3) is 0 Å². The van der Waals surface area contributed by atoms with Gasteiger partial charge in [-0.2, -0.15) is 0 Å². The van der Waals surface area contributed by atoms with Crippen molar-refractivity contribution in [1.82, 2.24) is 4.98 Å². The third kappa shape index (κ3) is 3.51. The average Bonchev–Trinajstić information content (AvgIpc) is 2.25. The zero-order valence-electron chi connectivity index (χ0n) is 8.47. The van der Waals surface area contributed by atoms with Gasteiger partial charge in [-0.05, 0) is 28.5 Å². The molecule has 0 unspecified atom stereocenters. The predicted molar refractivity (Wildman–Crippen MR) is 55.9 cm³/mol. The largest absolute Gasteiger partial charge is 0.386 e. The van der Waals surface area contributed by atoms with Crippen LogP contribution in [0.4, 0.5) is 11.5 Å². The Morgan fingerprint density at radius 3 is 3.13 bits per heavy atom. The van der Waals surface area contributed by atoms with Gasteiger partial charge in [0.15, 0.2) is 0 Å². The third-order valence-corrected chi connectivity index (χ3v) is 1.80. The van der Waals surface area contributed by atoms with E-state index in [-0.39, 0.29) is 5.82 Å². The fourth-order valence-corrected chi connectivity index (χ4v) is 1.12. The summed E-state index contributed by atoms with van der Waals surface area (Å²) >= 11 is 0. The number of anilines is 1. The van der Waals surface area contributed by atoms with Crippen LogP contribution in [-0.2, 0) is 4.74 Å². The Kier molecular flexibility index (Phi) is 4.49. The van der Waals surface area contributed by atoms with Gasteiger partial charge >= 0.3 is 5.82 Å². The van der Waals surface area contributed by atoms with E-state index in [0.717, 1.165) is 6.42 Å². The van der Waals surface area contributed by atoms with Gasteiger partial charge in [-0.3, -0.25) is 0 Å². The molecule has 1 heterocycles. The van der Waals surface area contributed by atoms with Crippen LogP contribution in [0.1, 0.15) is 6.42 Å². The summed E-state index contributed by atoms with van der Waals surface area (Å²) in [6.45, 7) is 1.25. The van der Waals surface area contributed by atoms with Crippen molar-refractivity contribution in [3.63, 3.8) is 0 Å². The molecule has 0 aromatic carbocycles. The number of nitrogens with one attached hydrogen (secondary N) is 1. The van der Waals surface area contributed by atoms with Crippen molar-refractivity contribution in [1.29, 1.82) is 0 Å². The molecule has 1 N–H and O–H groups in total. The summed E-state index contributed by atoms with van der Waals surface area (Å²) < 4.78 is 4.87. The lowest BCUT2D eigenvalue weighted by Crippen LogP contribution is -2.07. The molecule has 6 nitrogen and oxygen atoms in total. The first kappa shape index (κ1) is 11.4. The van der Waals surface area contributed by atoms with Crippen molar-refractivity contribution in [2.75, 3.05) is 25.6 Å². The maximum Gasteiger partial charge on any atom is 0.386 e. The standard InChI is InChI=1S/C9H13N3O3/c1-15-7-3-6-10-8-4-2-5-11-9(8)12(13)14/h2,4-5,10H,3,6-7H2,1H3. The zero-order valence-corrected chi connectivity index (χ0v) is 8.47. The molecule has 0 aliphatic carbocycles. The molecule has 1 rings (SSSR count). The molecule has 0 aliphatic rings. The molecule has 0 aliphatic heterocycles. The Balaban J connectivity index is 2.56. The normalized spacial score (nSPS) is 9.93. The second-order valence-corrected chi connectivity index (χ2v) is 2.90. The molecule has 1 aromatic heterocycles. The van der Waals surface area contributed by atoms with Crippen molar-refractivity contribution in [2.45, 2.75) is 6.42 Å². The fraction of sp³-hybridized carbons (Fsp3) is 0.444. The Labute approximate surface area is 87.4 Å². The van der Waals surface area contributed by atoms with E-state index in [2.05, 4.69) is 10.3 Å². The zero-order chi connectivity index (χ0) is 11.1. The molecule has 6 heteroatoms. The highest BCUT2D eigenvalue weighted by Crippen LogP contribution is 2.19. The number of aromatic nitrogens is 1. The monoisotopic (exact) mass is 211 g/mol. The van der Waals surface area contributed by atoms with E-state index in [1.54, 1.807) is 19.2 Å². The van der Waals surface area contributed by atoms with Gasteiger partial charge in [0.05, 0.1) is 0 Å². The van der Waals surface area contributed by atoms with Crippen LogP contribution in [0.3, 0.4) is 0 Å². The van der Waals surface area contributed by atoms with Gasteiger partial charge in [0.2, 0.25) is 0 Å². The molecule has 0 saturated heterocycles. The number of methoxy groups -OCH3 is 1. The Morgan fingerprint density at radius 2 is 2.47 bits per heavy atom. The van der Waals surface area contributed by atoms with Gasteiger partial charge in [0.25, 0.3) is 0 Å². The number of rotatable bonds is 6. The third-order valence-electron chi connectivity index (χ3n) is 1.80. The lowest BCUT2D eigenvalue weighted by Gasteiger charge is -2.05. The molecule has 15 heavy (non-hydrogen) atoms. The molecule has 0 radical (unpaired) electrons. The van der Waals surface area contributed by atoms with E-state index >= 15 is 0 Å². The van der Waals surface area contributed by atoms with Crippen LogP contribution in [0.5, 0.6) is 0 Å². The molecule has 0 fully saturated rings. The van der Waals surface area contributed by atoms with Gasteiger partial charge < -0.3 is 20.2 Å². The molecule has 1 aromatic rings. The second-order valence-electron chi connectivity index (χ2n) is 2.90. The summed E-state index contributed by atoms with van der Waals surface area (Å²) in [6.07, 6.45) is 2.20. The lowest BCUT2D eigenvalue weighted by atomic mass is 10.3. The Hall–Kier alpha value is -1.69. The van der Waals surface area contributed by atoms with Crippen molar-refractivity contribution < 1.29 is 9.66 Å². The van der Waals surface area contributed by atoms with Gasteiger partial charge in [0.1, 0.15) is 11.9 Å². The first-order chi connectivity index (χ1) is 7.25. The molecule has 0 saturated carbocycles. The molecule has 0 spiro atoms. The van der Waals surface area contributed by atoms with Crippen LogP contribution in [0.15, 0.2) is 18.3 Å². The molecular formula is C9H13N3O3. The first-order valence-electron chi connectivity index (χ1n) is 4.58. The SMILES string of the molecule is COCCCNc1cccnc1[N+](=O)[O-]. The first-order valence-corrected chi connectivity index (χ1v) is 4.58. The van der Waals surface area contributed by atoms with Crippen molar-refractivity contribution >= 4 is 11.5 Å². The average molecular weight is 211 g/mol. The van der Waals surface area contributed by atoms with Crippen LogP contribution in [0, 0.1) is 10.1 Å². The van der Waals surface area contributed by atoms with Crippen molar-refractivity contribution in [3.8, 4) is 0 Å². The number of ether oxygens (including phenoxy) is 1. The number of hydrogen-bond donors (Lipinski definition) is 1. The predicted octanol–water partition coefficient (Wildman–Crippen LogP) is 1.44. The molecule has 82 valence electrons. The maximum absolute atomic E-state index is 10.6. The molecule has 0 amide bonds. The van der Waals surface area contributed by atoms with Gasteiger partial charge in [0, 0.05) is 20.3 Å². The van der Waals surface area contributed by atoms with E-state index in [9.17, 15) is 10.1 Å². The van der Waals surface area contributed by atoms with Crippen LogP contribution >= 0.6 is 0 Å². The van der Waals surface area contributed by atoms with Crippen molar-refractivity contribution in [3.05, 3.63) is 28.4 Å². The topological polar surface area (TPSA) is 77.3 Å². The van der Waals surface area contributed by atoms with E-state index in [1.165, 1.54) is 6.20 Å². The summed E-state index contributed by atoms with van der Waals surface area (Å²) in [4.78, 5) is 13.8. The van der Waals surface area contributed by atoms with Crippen LogP contribution in [0.2, 0.25) is 0 Å². The van der Waals surface area contributed by atoms with E-state index in [4.69, 9.17) is 4.74 Å². The minimum atomic E-state index is -0.501. The Bertz CT molecular complexity index is 330. The van der Waals surface area contributed by atoms with Gasteiger partial charge in [-0.15, -0.1) is 0 Å². The number of nitrogens with zero attached hydrogens (tertiary/aromatic N) is 2.